The molecule has 0 saturated heterocycles. The highest BCUT2D eigenvalue weighted by molar-refractivity contribution is 7.89. The zero-order valence-corrected chi connectivity index (χ0v) is 21.3. The van der Waals surface area contributed by atoms with Gasteiger partial charge in [-0.1, -0.05) is 103 Å². The molecule has 0 atom stereocenters. The average molecular weight is 499 g/mol. The lowest BCUT2D eigenvalue weighted by molar-refractivity contribution is -0.121. The first-order chi connectivity index (χ1) is 17.3. The fourth-order valence-electron chi connectivity index (χ4n) is 4.15. The Morgan fingerprint density at radius 1 is 0.778 bits per heavy atom. The van der Waals surface area contributed by atoms with Gasteiger partial charge in [-0.05, 0) is 47.7 Å². The second kappa shape index (κ2) is 11.3. The lowest BCUT2D eigenvalue weighted by Gasteiger charge is -2.25. The number of hydrogen-bond acceptors (Lipinski definition) is 3. The third kappa shape index (κ3) is 6.08. The van der Waals surface area contributed by atoms with Gasteiger partial charge in [0.15, 0.2) is 0 Å². The molecule has 0 spiro atoms. The van der Waals surface area contributed by atoms with Crippen molar-refractivity contribution in [3.05, 3.63) is 137 Å². The maximum atomic E-state index is 13.8. The molecule has 1 amide bonds. The molecule has 0 fully saturated rings. The van der Waals surface area contributed by atoms with Crippen molar-refractivity contribution in [1.29, 1.82) is 0 Å². The lowest BCUT2D eigenvalue weighted by Crippen LogP contribution is -2.42. The molecule has 36 heavy (non-hydrogen) atoms. The van der Waals surface area contributed by atoms with Gasteiger partial charge >= 0.3 is 0 Å². The summed E-state index contributed by atoms with van der Waals surface area (Å²) in [7, 11) is -3.94. The molecule has 6 heteroatoms. The van der Waals surface area contributed by atoms with E-state index in [0.29, 0.717) is 5.56 Å². The van der Waals surface area contributed by atoms with Gasteiger partial charge in [0.25, 0.3) is 0 Å². The van der Waals surface area contributed by atoms with Crippen LogP contribution in [0, 0.1) is 13.8 Å². The van der Waals surface area contributed by atoms with Crippen LogP contribution < -0.4 is 5.32 Å². The number of nitrogens with one attached hydrogen (secondary N) is 1. The van der Waals surface area contributed by atoms with Gasteiger partial charge in [0.05, 0.1) is 17.5 Å². The lowest BCUT2D eigenvalue weighted by atomic mass is 9.99. The van der Waals surface area contributed by atoms with Gasteiger partial charge in [0.1, 0.15) is 0 Å². The highest BCUT2D eigenvalue weighted by atomic mass is 32.2. The Morgan fingerprint density at radius 2 is 1.31 bits per heavy atom. The van der Waals surface area contributed by atoms with E-state index in [1.165, 1.54) is 4.31 Å². The van der Waals surface area contributed by atoms with Gasteiger partial charge in [-0.25, -0.2) is 8.42 Å². The Balaban J connectivity index is 1.66. The van der Waals surface area contributed by atoms with Crippen LogP contribution in [0.2, 0.25) is 0 Å². The third-order valence-corrected chi connectivity index (χ3v) is 7.99. The van der Waals surface area contributed by atoms with Crippen molar-refractivity contribution >= 4 is 15.9 Å². The predicted octanol–water partition coefficient (Wildman–Crippen LogP) is 5.40. The summed E-state index contributed by atoms with van der Waals surface area (Å²) >= 11 is 0. The van der Waals surface area contributed by atoms with E-state index in [1.54, 1.807) is 19.1 Å². The van der Waals surface area contributed by atoms with Crippen molar-refractivity contribution in [3.8, 4) is 0 Å². The number of carbonyl (C=O) groups is 1. The first-order valence-corrected chi connectivity index (χ1v) is 13.3. The molecule has 5 nitrogen and oxygen atoms in total. The Bertz CT molecular complexity index is 1370. The largest absolute Gasteiger partial charge is 0.344 e. The quantitative estimate of drug-likeness (QED) is 0.336. The van der Waals surface area contributed by atoms with E-state index in [9.17, 15) is 13.2 Å². The van der Waals surface area contributed by atoms with E-state index in [4.69, 9.17) is 0 Å². The molecule has 0 aliphatic heterocycles. The standard InChI is InChI=1S/C30H30N2O3S/c1-23-18-19-24(2)28(20-23)36(34,35)32(21-25-12-6-3-7-13-25)22-29(33)31-30(26-14-8-4-9-15-26)27-16-10-5-11-17-27/h3-20,30H,21-22H2,1-2H3,(H,31,33). The summed E-state index contributed by atoms with van der Waals surface area (Å²) in [6.07, 6.45) is 0. The van der Waals surface area contributed by atoms with Crippen molar-refractivity contribution in [3.63, 3.8) is 0 Å². The summed E-state index contributed by atoms with van der Waals surface area (Å²) < 4.78 is 28.9. The Labute approximate surface area is 213 Å². The molecule has 4 rings (SSSR count). The molecular weight excluding hydrogens is 468 g/mol. The van der Waals surface area contributed by atoms with Crippen molar-refractivity contribution in [1.82, 2.24) is 9.62 Å². The smallest absolute Gasteiger partial charge is 0.244 e. The first kappa shape index (κ1) is 25.4. The molecule has 0 unspecified atom stereocenters. The number of benzene rings is 4. The number of carbonyl (C=O) groups excluding carboxylic acids is 1. The number of nitrogens with zero attached hydrogens (tertiary/aromatic N) is 1. The van der Waals surface area contributed by atoms with Gasteiger partial charge in [-0.2, -0.15) is 4.31 Å². The van der Waals surface area contributed by atoms with Gasteiger partial charge in [-0.15, -0.1) is 0 Å². The zero-order valence-electron chi connectivity index (χ0n) is 20.5. The van der Waals surface area contributed by atoms with Crippen LogP contribution in [0.1, 0.15) is 33.9 Å². The molecule has 0 saturated carbocycles. The summed E-state index contributed by atoms with van der Waals surface area (Å²) in [4.78, 5) is 13.6. The third-order valence-electron chi connectivity index (χ3n) is 6.05. The van der Waals surface area contributed by atoms with Crippen LogP contribution >= 0.6 is 0 Å². The van der Waals surface area contributed by atoms with Crippen LogP contribution in [0.3, 0.4) is 0 Å². The first-order valence-electron chi connectivity index (χ1n) is 11.8. The van der Waals surface area contributed by atoms with E-state index in [2.05, 4.69) is 5.32 Å². The number of amides is 1. The molecule has 0 radical (unpaired) electrons. The minimum Gasteiger partial charge on any atom is -0.344 e. The molecule has 0 aliphatic carbocycles. The molecule has 4 aromatic carbocycles. The van der Waals surface area contributed by atoms with E-state index >= 15 is 0 Å². The van der Waals surface area contributed by atoms with Crippen molar-refractivity contribution in [2.75, 3.05) is 6.54 Å². The summed E-state index contributed by atoms with van der Waals surface area (Å²) in [5.41, 5.74) is 4.14. The van der Waals surface area contributed by atoms with Crippen LogP contribution in [0.4, 0.5) is 0 Å². The van der Waals surface area contributed by atoms with Crippen molar-refractivity contribution in [2.24, 2.45) is 0 Å². The maximum absolute atomic E-state index is 13.8. The number of hydrogen-bond donors (Lipinski definition) is 1. The van der Waals surface area contributed by atoms with E-state index in [-0.39, 0.29) is 23.9 Å². The predicted molar refractivity (Wildman–Crippen MR) is 143 cm³/mol. The molecular formula is C30H30N2O3S. The van der Waals surface area contributed by atoms with Crippen molar-refractivity contribution < 1.29 is 13.2 Å². The summed E-state index contributed by atoms with van der Waals surface area (Å²) in [6.45, 7) is 3.41. The highest BCUT2D eigenvalue weighted by Crippen LogP contribution is 2.25. The normalized spacial score (nSPS) is 11.6. The minimum absolute atomic E-state index is 0.0886. The molecule has 0 aromatic heterocycles. The fourth-order valence-corrected chi connectivity index (χ4v) is 5.85. The molecule has 0 aliphatic rings. The van der Waals surface area contributed by atoms with Crippen LogP contribution in [0.15, 0.2) is 114 Å². The van der Waals surface area contributed by atoms with E-state index in [1.807, 2.05) is 104 Å². The molecule has 184 valence electrons. The van der Waals surface area contributed by atoms with Gasteiger partial charge in [0.2, 0.25) is 15.9 Å². The number of rotatable bonds is 9. The molecule has 1 N–H and O–H groups in total. The second-order valence-corrected chi connectivity index (χ2v) is 10.8. The monoisotopic (exact) mass is 498 g/mol. The van der Waals surface area contributed by atoms with Crippen LogP contribution in [-0.4, -0.2) is 25.2 Å². The number of sulfonamides is 1. The molecule has 0 heterocycles. The minimum atomic E-state index is -3.94. The topological polar surface area (TPSA) is 66.5 Å². The zero-order chi connectivity index (χ0) is 25.5. The Morgan fingerprint density at radius 3 is 1.86 bits per heavy atom. The highest BCUT2D eigenvalue weighted by Gasteiger charge is 2.29. The fraction of sp³-hybridized carbons (Fsp3) is 0.167. The SMILES string of the molecule is Cc1ccc(C)c(S(=O)(=O)N(CC(=O)NC(c2ccccc2)c2ccccc2)Cc2ccccc2)c1. The Hall–Kier alpha value is -3.74. The Kier molecular flexibility index (Phi) is 7.98. The molecule has 0 bridgehead atoms. The number of aryl methyl sites for hydroxylation is 2. The maximum Gasteiger partial charge on any atom is 0.244 e. The van der Waals surface area contributed by atoms with Crippen LogP contribution in [-0.2, 0) is 21.4 Å². The second-order valence-electron chi connectivity index (χ2n) is 8.85. The summed E-state index contributed by atoms with van der Waals surface area (Å²) in [5.74, 6) is -0.377. The van der Waals surface area contributed by atoms with E-state index in [0.717, 1.165) is 22.3 Å². The summed E-state index contributed by atoms with van der Waals surface area (Å²) in [5, 5.41) is 3.07. The van der Waals surface area contributed by atoms with Gasteiger partial charge in [0, 0.05) is 6.54 Å². The summed E-state index contributed by atoms with van der Waals surface area (Å²) in [6, 6.07) is 33.6. The van der Waals surface area contributed by atoms with Crippen LogP contribution in [0.5, 0.6) is 0 Å². The van der Waals surface area contributed by atoms with E-state index < -0.39 is 16.1 Å². The van der Waals surface area contributed by atoms with Crippen molar-refractivity contribution in [2.45, 2.75) is 31.3 Å². The molecule has 4 aromatic rings. The average Bonchev–Trinajstić information content (AvgIpc) is 2.90. The van der Waals surface area contributed by atoms with Gasteiger partial charge in [-0.3, -0.25) is 4.79 Å². The van der Waals surface area contributed by atoms with Gasteiger partial charge < -0.3 is 5.32 Å². The van der Waals surface area contributed by atoms with Crippen LogP contribution in [0.25, 0.3) is 0 Å².